The van der Waals surface area contributed by atoms with Gasteiger partial charge in [0.25, 0.3) is 5.91 Å². The van der Waals surface area contributed by atoms with Crippen molar-refractivity contribution in [2.24, 2.45) is 4.99 Å². The van der Waals surface area contributed by atoms with E-state index in [0.29, 0.717) is 26.8 Å². The SMILES string of the molecule is CC(=O)Oc1ccc(/C=C2/N=C(c3ccc(Cl)cc3)N(c3ccccc3)C2=O)cc1Br. The summed E-state index contributed by atoms with van der Waals surface area (Å²) in [4.78, 5) is 30.7. The molecule has 0 unspecified atom stereocenters. The number of halogens is 2. The summed E-state index contributed by atoms with van der Waals surface area (Å²) in [6.45, 7) is 1.34. The lowest BCUT2D eigenvalue weighted by molar-refractivity contribution is -0.131. The summed E-state index contributed by atoms with van der Waals surface area (Å²) in [6, 6.07) is 21.7. The van der Waals surface area contributed by atoms with Crippen LogP contribution in [0.1, 0.15) is 18.1 Å². The predicted octanol–water partition coefficient (Wildman–Crippen LogP) is 5.86. The van der Waals surface area contributed by atoms with E-state index in [1.807, 2.05) is 42.5 Å². The van der Waals surface area contributed by atoms with Crippen LogP contribution in [0.4, 0.5) is 5.69 Å². The fraction of sp³-hybridized carbons (Fsp3) is 0.0417. The summed E-state index contributed by atoms with van der Waals surface area (Å²) in [7, 11) is 0. The van der Waals surface area contributed by atoms with Gasteiger partial charge < -0.3 is 4.74 Å². The van der Waals surface area contributed by atoms with Gasteiger partial charge in [-0.3, -0.25) is 14.5 Å². The first-order valence-electron chi connectivity index (χ1n) is 9.36. The Bertz CT molecular complexity index is 1220. The van der Waals surface area contributed by atoms with Gasteiger partial charge in [-0.15, -0.1) is 0 Å². The Morgan fingerprint density at radius 2 is 1.77 bits per heavy atom. The molecule has 0 atom stereocenters. The van der Waals surface area contributed by atoms with Crippen molar-refractivity contribution in [2.75, 3.05) is 4.90 Å². The van der Waals surface area contributed by atoms with Crippen LogP contribution < -0.4 is 9.64 Å². The number of hydrogen-bond acceptors (Lipinski definition) is 4. The number of ether oxygens (including phenoxy) is 1. The van der Waals surface area contributed by atoms with Gasteiger partial charge in [-0.05, 0) is 76.1 Å². The van der Waals surface area contributed by atoms with Crippen LogP contribution in [0.25, 0.3) is 6.08 Å². The molecule has 0 spiro atoms. The molecule has 0 fully saturated rings. The molecule has 0 saturated heterocycles. The summed E-state index contributed by atoms with van der Waals surface area (Å²) >= 11 is 9.42. The van der Waals surface area contributed by atoms with Crippen molar-refractivity contribution < 1.29 is 14.3 Å². The quantitative estimate of drug-likeness (QED) is 0.259. The maximum absolute atomic E-state index is 13.3. The first-order valence-corrected chi connectivity index (χ1v) is 10.5. The van der Waals surface area contributed by atoms with Crippen molar-refractivity contribution in [3.63, 3.8) is 0 Å². The zero-order chi connectivity index (χ0) is 22.0. The molecule has 0 bridgehead atoms. The molecule has 1 aliphatic rings. The van der Waals surface area contributed by atoms with E-state index in [0.717, 1.165) is 16.8 Å². The second-order valence-corrected chi connectivity index (χ2v) is 8.02. The highest BCUT2D eigenvalue weighted by molar-refractivity contribution is 9.10. The zero-order valence-electron chi connectivity index (χ0n) is 16.4. The number of hydrogen-bond donors (Lipinski definition) is 0. The minimum absolute atomic E-state index is 0.240. The molecule has 7 heteroatoms. The van der Waals surface area contributed by atoms with E-state index in [1.165, 1.54) is 6.92 Å². The fourth-order valence-corrected chi connectivity index (χ4v) is 3.73. The molecule has 0 N–H and O–H groups in total. The Hall–Kier alpha value is -3.22. The number of para-hydroxylation sites is 1. The van der Waals surface area contributed by atoms with Gasteiger partial charge in [0.15, 0.2) is 0 Å². The third-order valence-electron chi connectivity index (χ3n) is 4.49. The summed E-state index contributed by atoms with van der Waals surface area (Å²) in [5.74, 6) is 0.281. The summed E-state index contributed by atoms with van der Waals surface area (Å²) < 4.78 is 5.73. The van der Waals surface area contributed by atoms with Crippen molar-refractivity contribution in [1.82, 2.24) is 0 Å². The van der Waals surface area contributed by atoms with Crippen molar-refractivity contribution >= 4 is 57.0 Å². The standard InChI is InChI=1S/C24H16BrClN2O3/c1-15(29)31-22-12-7-16(13-20(22)25)14-21-24(30)28(19-5-3-2-4-6-19)23(27-21)17-8-10-18(26)11-9-17/h2-14H,1H3/b21-14+. The number of carbonyl (C=O) groups excluding carboxylic acids is 2. The summed E-state index contributed by atoms with van der Waals surface area (Å²) in [5.41, 5.74) is 2.52. The van der Waals surface area contributed by atoms with E-state index >= 15 is 0 Å². The molecular weight excluding hydrogens is 480 g/mol. The molecule has 1 amide bonds. The van der Waals surface area contributed by atoms with E-state index in [4.69, 9.17) is 16.3 Å². The van der Waals surface area contributed by atoms with Gasteiger partial charge >= 0.3 is 5.97 Å². The lowest BCUT2D eigenvalue weighted by Crippen LogP contribution is -2.32. The molecule has 0 aromatic heterocycles. The van der Waals surface area contributed by atoms with Crippen LogP contribution >= 0.6 is 27.5 Å². The van der Waals surface area contributed by atoms with E-state index in [2.05, 4.69) is 20.9 Å². The van der Waals surface area contributed by atoms with E-state index in [9.17, 15) is 9.59 Å². The average molecular weight is 496 g/mol. The first kappa shape index (κ1) is 21.0. The smallest absolute Gasteiger partial charge is 0.308 e. The van der Waals surface area contributed by atoms with E-state index in [1.54, 1.807) is 41.3 Å². The molecular formula is C24H16BrClN2O3. The Morgan fingerprint density at radius 1 is 1.06 bits per heavy atom. The monoisotopic (exact) mass is 494 g/mol. The number of anilines is 1. The number of amidine groups is 1. The van der Waals surface area contributed by atoms with E-state index in [-0.39, 0.29) is 5.91 Å². The Balaban J connectivity index is 1.76. The molecule has 1 heterocycles. The average Bonchev–Trinajstić information content (AvgIpc) is 3.07. The molecule has 31 heavy (non-hydrogen) atoms. The number of aliphatic imine (C=N–C) groups is 1. The molecule has 3 aromatic carbocycles. The molecule has 154 valence electrons. The second kappa shape index (κ2) is 8.88. The number of nitrogens with zero attached hydrogens (tertiary/aromatic N) is 2. The molecule has 0 radical (unpaired) electrons. The van der Waals surface area contributed by atoms with Crippen LogP contribution in [0.2, 0.25) is 5.02 Å². The molecule has 3 aromatic rings. The largest absolute Gasteiger partial charge is 0.426 e. The highest BCUT2D eigenvalue weighted by atomic mass is 79.9. The first-order chi connectivity index (χ1) is 14.9. The maximum Gasteiger partial charge on any atom is 0.308 e. The number of benzene rings is 3. The third kappa shape index (κ3) is 4.60. The zero-order valence-corrected chi connectivity index (χ0v) is 18.7. The normalized spacial score (nSPS) is 14.7. The predicted molar refractivity (Wildman–Crippen MR) is 125 cm³/mol. The van der Waals surface area contributed by atoms with E-state index < -0.39 is 5.97 Å². The lowest BCUT2D eigenvalue weighted by Gasteiger charge is -2.18. The summed E-state index contributed by atoms with van der Waals surface area (Å²) in [6.07, 6.45) is 1.70. The molecule has 5 nitrogen and oxygen atoms in total. The topological polar surface area (TPSA) is 59.0 Å². The third-order valence-corrected chi connectivity index (χ3v) is 5.36. The Morgan fingerprint density at radius 3 is 2.42 bits per heavy atom. The van der Waals surface area contributed by atoms with Crippen molar-refractivity contribution in [3.8, 4) is 5.75 Å². The van der Waals surface area contributed by atoms with Crippen LogP contribution in [0, 0.1) is 0 Å². The van der Waals surface area contributed by atoms with Gasteiger partial charge in [-0.2, -0.15) is 0 Å². The minimum atomic E-state index is -0.409. The number of rotatable bonds is 4. The van der Waals surface area contributed by atoms with Gasteiger partial charge in [-0.25, -0.2) is 4.99 Å². The number of carbonyl (C=O) groups is 2. The maximum atomic E-state index is 13.3. The number of amides is 1. The highest BCUT2D eigenvalue weighted by Gasteiger charge is 2.32. The van der Waals surface area contributed by atoms with Gasteiger partial charge in [0.1, 0.15) is 17.3 Å². The molecule has 0 aliphatic carbocycles. The van der Waals surface area contributed by atoms with Crippen LogP contribution in [-0.4, -0.2) is 17.7 Å². The van der Waals surface area contributed by atoms with Crippen molar-refractivity contribution in [3.05, 3.63) is 99.1 Å². The van der Waals surface area contributed by atoms with Gasteiger partial charge in [0, 0.05) is 17.5 Å². The van der Waals surface area contributed by atoms with Crippen LogP contribution in [0.5, 0.6) is 5.75 Å². The molecule has 0 saturated carbocycles. The Kier molecular flexibility index (Phi) is 6.02. The van der Waals surface area contributed by atoms with Gasteiger partial charge in [-0.1, -0.05) is 35.9 Å². The highest BCUT2D eigenvalue weighted by Crippen LogP contribution is 2.30. The second-order valence-electron chi connectivity index (χ2n) is 6.73. The summed E-state index contributed by atoms with van der Waals surface area (Å²) in [5, 5.41) is 0.605. The van der Waals surface area contributed by atoms with Crippen LogP contribution in [0.3, 0.4) is 0 Å². The van der Waals surface area contributed by atoms with Gasteiger partial charge in [0.2, 0.25) is 0 Å². The van der Waals surface area contributed by atoms with Crippen molar-refractivity contribution in [2.45, 2.75) is 6.92 Å². The van der Waals surface area contributed by atoms with Crippen LogP contribution in [0.15, 0.2) is 88.0 Å². The minimum Gasteiger partial charge on any atom is -0.426 e. The fourth-order valence-electron chi connectivity index (χ4n) is 3.13. The molecule has 4 rings (SSSR count). The van der Waals surface area contributed by atoms with Gasteiger partial charge in [0.05, 0.1) is 10.2 Å². The molecule has 1 aliphatic heterocycles. The van der Waals surface area contributed by atoms with Crippen molar-refractivity contribution in [1.29, 1.82) is 0 Å². The van der Waals surface area contributed by atoms with Crippen LogP contribution in [-0.2, 0) is 9.59 Å². The lowest BCUT2D eigenvalue weighted by atomic mass is 10.1. The number of esters is 1. The Labute approximate surface area is 192 Å².